The van der Waals surface area contributed by atoms with Crippen LogP contribution in [0.3, 0.4) is 0 Å². The van der Waals surface area contributed by atoms with Gasteiger partial charge in [0, 0.05) is 20.6 Å². The molecule has 5 nitrogen and oxygen atoms in total. The van der Waals surface area contributed by atoms with E-state index in [0.717, 1.165) is 10.3 Å². The molecule has 1 aromatic heterocycles. The lowest BCUT2D eigenvalue weighted by atomic mass is 10.1. The van der Waals surface area contributed by atoms with Crippen LogP contribution in [0.1, 0.15) is 6.92 Å². The Hall–Kier alpha value is -1.30. The number of carbonyl (C=O) groups excluding carboxylic acids is 1. The van der Waals surface area contributed by atoms with E-state index in [-0.39, 0.29) is 11.8 Å². The molecule has 1 rings (SSSR count). The Morgan fingerprint density at radius 2 is 2.35 bits per heavy atom. The number of anilines is 2. The average molecular weight is 301 g/mol. The van der Waals surface area contributed by atoms with Crippen LogP contribution in [0.15, 0.2) is 16.7 Å². The van der Waals surface area contributed by atoms with E-state index >= 15 is 0 Å². The largest absolute Gasteiger partial charge is 0.397 e. The highest BCUT2D eigenvalue weighted by Crippen LogP contribution is 2.25. The zero-order valence-corrected chi connectivity index (χ0v) is 11.8. The maximum absolute atomic E-state index is 11.4. The molecule has 0 aliphatic carbocycles. The fraction of sp³-hybridized carbons (Fsp3) is 0.455. The number of amides is 1. The predicted octanol–water partition coefficient (Wildman–Crippen LogP) is 1.24. The summed E-state index contributed by atoms with van der Waals surface area (Å²) in [7, 11) is 3.53. The Kier molecular flexibility index (Phi) is 4.74. The first-order valence-electron chi connectivity index (χ1n) is 5.29. The third-order valence-electron chi connectivity index (χ3n) is 2.45. The molecule has 0 fully saturated rings. The molecule has 1 atom stereocenters. The summed E-state index contributed by atoms with van der Waals surface area (Å²) in [5, 5.41) is 2.63. The third-order valence-corrected chi connectivity index (χ3v) is 3.03. The van der Waals surface area contributed by atoms with Crippen molar-refractivity contribution in [1.29, 1.82) is 0 Å². The molecule has 94 valence electrons. The number of nitrogen functional groups attached to an aromatic ring is 1. The van der Waals surface area contributed by atoms with Gasteiger partial charge in [-0.05, 0) is 22.0 Å². The van der Waals surface area contributed by atoms with E-state index in [2.05, 4.69) is 26.2 Å². The van der Waals surface area contributed by atoms with Crippen LogP contribution in [0.4, 0.5) is 11.5 Å². The van der Waals surface area contributed by atoms with Crippen LogP contribution < -0.4 is 16.0 Å². The lowest BCUT2D eigenvalue weighted by molar-refractivity contribution is -0.123. The molecule has 1 amide bonds. The Labute approximate surface area is 110 Å². The molecule has 17 heavy (non-hydrogen) atoms. The fourth-order valence-electron chi connectivity index (χ4n) is 1.55. The number of hydrogen-bond acceptors (Lipinski definition) is 4. The van der Waals surface area contributed by atoms with E-state index < -0.39 is 0 Å². The first-order valence-corrected chi connectivity index (χ1v) is 6.08. The number of halogens is 1. The molecule has 3 N–H and O–H groups in total. The van der Waals surface area contributed by atoms with E-state index in [4.69, 9.17) is 5.73 Å². The van der Waals surface area contributed by atoms with Crippen molar-refractivity contribution in [2.75, 3.05) is 31.3 Å². The number of carbonyl (C=O) groups is 1. The minimum Gasteiger partial charge on any atom is -0.397 e. The fourth-order valence-corrected chi connectivity index (χ4v) is 2.22. The summed E-state index contributed by atoms with van der Waals surface area (Å²) >= 11 is 3.41. The summed E-state index contributed by atoms with van der Waals surface area (Å²) in [6.07, 6.45) is 1.60. The second-order valence-electron chi connectivity index (χ2n) is 3.97. The third kappa shape index (κ3) is 3.59. The molecule has 6 heteroatoms. The van der Waals surface area contributed by atoms with Crippen molar-refractivity contribution in [3.05, 3.63) is 16.7 Å². The highest BCUT2D eigenvalue weighted by molar-refractivity contribution is 9.10. The summed E-state index contributed by atoms with van der Waals surface area (Å²) in [6.45, 7) is 2.47. The van der Waals surface area contributed by atoms with Crippen molar-refractivity contribution in [3.8, 4) is 0 Å². The molecule has 0 aliphatic rings. The van der Waals surface area contributed by atoms with Crippen LogP contribution in [0, 0.1) is 5.92 Å². The minimum absolute atomic E-state index is 0.0171. The molecular weight excluding hydrogens is 284 g/mol. The summed E-state index contributed by atoms with van der Waals surface area (Å²) < 4.78 is 0.823. The first kappa shape index (κ1) is 13.8. The van der Waals surface area contributed by atoms with Crippen LogP contribution in [0.25, 0.3) is 0 Å². The number of hydrogen-bond donors (Lipinski definition) is 2. The van der Waals surface area contributed by atoms with E-state index in [1.165, 1.54) is 0 Å². The van der Waals surface area contributed by atoms with E-state index in [1.807, 2.05) is 18.9 Å². The lowest BCUT2D eigenvalue weighted by Gasteiger charge is -2.22. The Balaban J connectivity index is 2.76. The zero-order chi connectivity index (χ0) is 13.0. The molecular formula is C11H17BrN4O. The molecule has 0 radical (unpaired) electrons. The van der Waals surface area contributed by atoms with Gasteiger partial charge in [-0.1, -0.05) is 6.92 Å². The normalized spacial score (nSPS) is 12.0. The highest BCUT2D eigenvalue weighted by atomic mass is 79.9. The van der Waals surface area contributed by atoms with Gasteiger partial charge in [0.2, 0.25) is 5.91 Å². The Bertz CT molecular complexity index is 410. The van der Waals surface area contributed by atoms with Crippen molar-refractivity contribution >= 4 is 33.3 Å². The molecule has 0 saturated carbocycles. The number of nitrogens with one attached hydrogen (secondary N) is 1. The van der Waals surface area contributed by atoms with Gasteiger partial charge >= 0.3 is 0 Å². The van der Waals surface area contributed by atoms with Gasteiger partial charge in [0.25, 0.3) is 0 Å². The monoisotopic (exact) mass is 300 g/mol. The number of pyridine rings is 1. The van der Waals surface area contributed by atoms with Crippen molar-refractivity contribution < 1.29 is 4.79 Å². The van der Waals surface area contributed by atoms with Crippen molar-refractivity contribution in [1.82, 2.24) is 10.3 Å². The van der Waals surface area contributed by atoms with Gasteiger partial charge in [0.1, 0.15) is 5.82 Å². The maximum atomic E-state index is 11.4. The molecule has 1 aromatic rings. The Morgan fingerprint density at radius 3 is 2.88 bits per heavy atom. The number of nitrogens with zero attached hydrogens (tertiary/aromatic N) is 2. The summed E-state index contributed by atoms with van der Waals surface area (Å²) in [5.74, 6) is 0.689. The lowest BCUT2D eigenvalue weighted by Crippen LogP contribution is -2.34. The molecule has 0 bridgehead atoms. The topological polar surface area (TPSA) is 71.2 Å². The van der Waals surface area contributed by atoms with Gasteiger partial charge < -0.3 is 16.0 Å². The van der Waals surface area contributed by atoms with Gasteiger partial charge in [-0.2, -0.15) is 0 Å². The van der Waals surface area contributed by atoms with Crippen LogP contribution in [-0.2, 0) is 4.79 Å². The standard InChI is InChI=1S/C11H17BrN4O/c1-7(11(17)14-2)6-16(3)10-9(12)4-8(13)5-15-10/h4-5,7H,6,13H2,1-3H3,(H,14,17). The van der Waals surface area contributed by atoms with Crippen molar-refractivity contribution in [3.63, 3.8) is 0 Å². The second kappa shape index (κ2) is 5.86. The minimum atomic E-state index is -0.101. The average Bonchev–Trinajstić information content (AvgIpc) is 2.27. The first-order chi connectivity index (χ1) is 7.95. The van der Waals surface area contributed by atoms with Gasteiger partial charge in [-0.25, -0.2) is 4.98 Å². The van der Waals surface area contributed by atoms with Gasteiger partial charge in [0.05, 0.1) is 22.3 Å². The molecule has 1 unspecified atom stereocenters. The smallest absolute Gasteiger partial charge is 0.224 e. The van der Waals surface area contributed by atoms with Gasteiger partial charge in [-0.15, -0.1) is 0 Å². The maximum Gasteiger partial charge on any atom is 0.224 e. The van der Waals surface area contributed by atoms with E-state index in [1.54, 1.807) is 19.3 Å². The summed E-state index contributed by atoms with van der Waals surface area (Å²) in [5.41, 5.74) is 6.23. The van der Waals surface area contributed by atoms with Crippen molar-refractivity contribution in [2.24, 2.45) is 5.92 Å². The number of aromatic nitrogens is 1. The summed E-state index contributed by atoms with van der Waals surface area (Å²) in [4.78, 5) is 17.6. The SMILES string of the molecule is CNC(=O)C(C)CN(C)c1ncc(N)cc1Br. The van der Waals surface area contributed by atoms with Crippen LogP contribution in [0.2, 0.25) is 0 Å². The molecule has 0 aromatic carbocycles. The van der Waals surface area contributed by atoms with E-state index in [9.17, 15) is 4.79 Å². The molecule has 1 heterocycles. The predicted molar refractivity (Wildman–Crippen MR) is 72.9 cm³/mol. The number of nitrogens with two attached hydrogens (primary N) is 1. The Morgan fingerprint density at radius 1 is 1.71 bits per heavy atom. The molecule has 0 spiro atoms. The quantitative estimate of drug-likeness (QED) is 0.878. The second-order valence-corrected chi connectivity index (χ2v) is 4.82. The zero-order valence-electron chi connectivity index (χ0n) is 10.2. The van der Waals surface area contributed by atoms with Crippen LogP contribution in [0.5, 0.6) is 0 Å². The van der Waals surface area contributed by atoms with Gasteiger partial charge in [0.15, 0.2) is 0 Å². The number of rotatable bonds is 4. The van der Waals surface area contributed by atoms with E-state index in [0.29, 0.717) is 12.2 Å². The van der Waals surface area contributed by atoms with Crippen LogP contribution >= 0.6 is 15.9 Å². The van der Waals surface area contributed by atoms with Gasteiger partial charge in [-0.3, -0.25) is 4.79 Å². The highest BCUT2D eigenvalue weighted by Gasteiger charge is 2.16. The van der Waals surface area contributed by atoms with Crippen LogP contribution in [-0.4, -0.2) is 31.5 Å². The molecule has 0 aliphatic heterocycles. The summed E-state index contributed by atoms with van der Waals surface area (Å²) in [6, 6.07) is 1.80. The van der Waals surface area contributed by atoms with Crippen molar-refractivity contribution in [2.45, 2.75) is 6.92 Å². The molecule has 0 saturated heterocycles.